The average Bonchev–Trinajstić information content (AvgIpc) is 2.05. The van der Waals surface area contributed by atoms with Gasteiger partial charge in [-0.3, -0.25) is 0 Å². The third kappa shape index (κ3) is 5.73. The van der Waals surface area contributed by atoms with Gasteiger partial charge in [-0.05, 0) is 6.92 Å². The third-order valence-electron chi connectivity index (χ3n) is 1.26. The summed E-state index contributed by atoms with van der Waals surface area (Å²) in [5.74, 6) is -0.348. The minimum absolute atomic E-state index is 0.294. The topological polar surface area (TPSA) is 47.6 Å². The number of allylic oxidation sites excluding steroid dienone is 1. The Morgan fingerprint density at radius 2 is 2.17 bits per heavy atom. The molecule has 12 heavy (non-hydrogen) atoms. The minimum atomic E-state index is -0.348. The van der Waals surface area contributed by atoms with Gasteiger partial charge in [-0.2, -0.15) is 0 Å². The summed E-state index contributed by atoms with van der Waals surface area (Å²) in [6.07, 6.45) is 1.40. The van der Waals surface area contributed by atoms with Crippen molar-refractivity contribution in [3.05, 3.63) is 11.8 Å². The van der Waals surface area contributed by atoms with Gasteiger partial charge in [-0.1, -0.05) is 0 Å². The first-order chi connectivity index (χ1) is 5.70. The molecule has 0 saturated heterocycles. The van der Waals surface area contributed by atoms with Crippen molar-refractivity contribution in [3.63, 3.8) is 0 Å². The molecule has 0 bridgehead atoms. The first-order valence-electron chi connectivity index (χ1n) is 3.72. The Labute approximate surface area is 72.5 Å². The van der Waals surface area contributed by atoms with Crippen molar-refractivity contribution >= 4 is 5.97 Å². The van der Waals surface area contributed by atoms with E-state index in [0.29, 0.717) is 13.2 Å². The summed E-state index contributed by atoms with van der Waals surface area (Å²) in [4.78, 5) is 10.9. The highest BCUT2D eigenvalue weighted by Crippen LogP contribution is 1.87. The normalized spacial score (nSPS) is 11.1. The van der Waals surface area contributed by atoms with Gasteiger partial charge in [0.05, 0.1) is 6.61 Å². The highest BCUT2D eigenvalue weighted by Gasteiger charge is 1.97. The summed E-state index contributed by atoms with van der Waals surface area (Å²) in [5, 5.41) is 2.82. The molecule has 0 aliphatic rings. The number of ether oxygens (including phenoxy) is 2. The van der Waals surface area contributed by atoms with Crippen molar-refractivity contribution in [2.75, 3.05) is 27.4 Å². The van der Waals surface area contributed by atoms with Crippen LogP contribution in [0.1, 0.15) is 6.92 Å². The van der Waals surface area contributed by atoms with E-state index in [-0.39, 0.29) is 5.97 Å². The first-order valence-corrected chi connectivity index (χ1v) is 3.72. The van der Waals surface area contributed by atoms with Crippen LogP contribution in [0.5, 0.6) is 0 Å². The molecule has 0 amide bonds. The molecule has 0 spiro atoms. The fraction of sp³-hybridized carbons (Fsp3) is 0.625. The van der Waals surface area contributed by atoms with Gasteiger partial charge < -0.3 is 14.8 Å². The van der Waals surface area contributed by atoms with Crippen molar-refractivity contribution in [2.24, 2.45) is 0 Å². The predicted molar refractivity (Wildman–Crippen MR) is 45.7 cm³/mol. The second kappa shape index (κ2) is 6.67. The van der Waals surface area contributed by atoms with Gasteiger partial charge in [0.2, 0.25) is 0 Å². The molecule has 4 nitrogen and oxygen atoms in total. The number of rotatable bonds is 5. The van der Waals surface area contributed by atoms with E-state index in [1.54, 1.807) is 21.1 Å². The van der Waals surface area contributed by atoms with Crippen LogP contribution in [0.25, 0.3) is 0 Å². The van der Waals surface area contributed by atoms with E-state index in [1.165, 1.54) is 6.08 Å². The number of hydrogen-bond acceptors (Lipinski definition) is 4. The molecule has 0 aliphatic heterocycles. The summed E-state index contributed by atoms with van der Waals surface area (Å²) in [5.41, 5.74) is 0.775. The van der Waals surface area contributed by atoms with Crippen LogP contribution >= 0.6 is 0 Å². The van der Waals surface area contributed by atoms with Gasteiger partial charge in [0.15, 0.2) is 0 Å². The fourth-order valence-corrected chi connectivity index (χ4v) is 0.516. The monoisotopic (exact) mass is 173 g/mol. The van der Waals surface area contributed by atoms with Crippen LogP contribution in [-0.4, -0.2) is 33.3 Å². The molecule has 0 atom stereocenters. The average molecular weight is 173 g/mol. The quantitative estimate of drug-likeness (QED) is 0.369. The lowest BCUT2D eigenvalue weighted by Crippen LogP contribution is -2.10. The molecule has 1 N–H and O–H groups in total. The lowest BCUT2D eigenvalue weighted by Gasteiger charge is -2.01. The molecule has 4 heteroatoms. The van der Waals surface area contributed by atoms with E-state index in [4.69, 9.17) is 9.47 Å². The van der Waals surface area contributed by atoms with E-state index in [2.05, 4.69) is 5.32 Å². The maximum absolute atomic E-state index is 10.9. The number of methoxy groups -OCH3 is 1. The minimum Gasteiger partial charge on any atom is -0.460 e. The van der Waals surface area contributed by atoms with Crippen LogP contribution in [0.4, 0.5) is 0 Å². The molecule has 0 saturated carbocycles. The molecule has 0 radical (unpaired) electrons. The Bertz CT molecular complexity index is 166. The molecule has 0 aromatic rings. The smallest absolute Gasteiger partial charge is 0.332 e. The SMILES string of the molecule is CN/C(C)=C\C(=O)OCCOC. The fourth-order valence-electron chi connectivity index (χ4n) is 0.516. The van der Waals surface area contributed by atoms with Crippen molar-refractivity contribution in [1.29, 1.82) is 0 Å². The number of esters is 1. The molecular formula is C8H15NO3. The van der Waals surface area contributed by atoms with Crippen LogP contribution < -0.4 is 5.32 Å². The van der Waals surface area contributed by atoms with Gasteiger partial charge in [0, 0.05) is 25.9 Å². The summed E-state index contributed by atoms with van der Waals surface area (Å²) < 4.78 is 9.48. The second-order valence-electron chi connectivity index (χ2n) is 2.24. The van der Waals surface area contributed by atoms with Crippen molar-refractivity contribution in [1.82, 2.24) is 5.32 Å². The molecule has 0 heterocycles. The van der Waals surface area contributed by atoms with Crippen molar-refractivity contribution in [3.8, 4) is 0 Å². The zero-order valence-electron chi connectivity index (χ0n) is 7.72. The zero-order valence-corrected chi connectivity index (χ0v) is 7.72. The Morgan fingerprint density at radius 3 is 2.67 bits per heavy atom. The molecule has 0 rings (SSSR count). The maximum Gasteiger partial charge on any atom is 0.332 e. The molecule has 0 aliphatic carbocycles. The predicted octanol–water partition coefficient (Wildman–Crippen LogP) is 0.299. The largest absolute Gasteiger partial charge is 0.460 e. The zero-order chi connectivity index (χ0) is 9.40. The van der Waals surface area contributed by atoms with E-state index in [1.807, 2.05) is 0 Å². The third-order valence-corrected chi connectivity index (χ3v) is 1.26. The van der Waals surface area contributed by atoms with Gasteiger partial charge in [0.25, 0.3) is 0 Å². The number of carbonyl (C=O) groups excluding carboxylic acids is 1. The highest BCUT2D eigenvalue weighted by molar-refractivity contribution is 5.82. The molecule has 70 valence electrons. The maximum atomic E-state index is 10.9. The Morgan fingerprint density at radius 1 is 1.50 bits per heavy atom. The summed E-state index contributed by atoms with van der Waals surface area (Å²) in [6, 6.07) is 0. The van der Waals surface area contributed by atoms with Gasteiger partial charge in [-0.25, -0.2) is 4.79 Å². The molecule has 0 aromatic carbocycles. The number of nitrogens with one attached hydrogen (secondary N) is 1. The standard InChI is InChI=1S/C8H15NO3/c1-7(9-2)6-8(10)12-5-4-11-3/h6,9H,4-5H2,1-3H3/b7-6-. The molecule has 0 unspecified atom stereocenters. The van der Waals surface area contributed by atoms with Crippen molar-refractivity contribution in [2.45, 2.75) is 6.92 Å². The van der Waals surface area contributed by atoms with E-state index >= 15 is 0 Å². The van der Waals surface area contributed by atoms with Gasteiger partial charge in [0.1, 0.15) is 6.61 Å². The van der Waals surface area contributed by atoms with Crippen LogP contribution in [0, 0.1) is 0 Å². The van der Waals surface area contributed by atoms with Crippen molar-refractivity contribution < 1.29 is 14.3 Å². The van der Waals surface area contributed by atoms with Gasteiger partial charge >= 0.3 is 5.97 Å². The van der Waals surface area contributed by atoms with Crippen LogP contribution in [0.15, 0.2) is 11.8 Å². The molecular weight excluding hydrogens is 158 g/mol. The summed E-state index contributed by atoms with van der Waals surface area (Å²) in [7, 11) is 3.30. The van der Waals surface area contributed by atoms with E-state index in [9.17, 15) is 4.79 Å². The van der Waals surface area contributed by atoms with E-state index < -0.39 is 0 Å². The van der Waals surface area contributed by atoms with Crippen LogP contribution in [0.2, 0.25) is 0 Å². The Balaban J connectivity index is 3.59. The lowest BCUT2D eigenvalue weighted by molar-refractivity contribution is -0.139. The van der Waals surface area contributed by atoms with Crippen LogP contribution in [-0.2, 0) is 14.3 Å². The van der Waals surface area contributed by atoms with Gasteiger partial charge in [-0.15, -0.1) is 0 Å². The first kappa shape index (κ1) is 11.0. The second-order valence-corrected chi connectivity index (χ2v) is 2.24. The number of hydrogen-bond donors (Lipinski definition) is 1. The lowest BCUT2D eigenvalue weighted by atomic mass is 10.4. The summed E-state index contributed by atoms with van der Waals surface area (Å²) in [6.45, 7) is 2.51. The number of carbonyl (C=O) groups is 1. The van der Waals surface area contributed by atoms with E-state index in [0.717, 1.165) is 5.70 Å². The molecule has 0 fully saturated rings. The highest BCUT2D eigenvalue weighted by atomic mass is 16.6. The Kier molecular flexibility index (Phi) is 6.09. The van der Waals surface area contributed by atoms with Crippen LogP contribution in [0.3, 0.4) is 0 Å². The Hall–Kier alpha value is -1.03. The summed E-state index contributed by atoms with van der Waals surface area (Å²) >= 11 is 0. The molecule has 0 aromatic heterocycles.